The molecule has 1 amide bonds. The molecular formula is C24H25N7O5. The summed E-state index contributed by atoms with van der Waals surface area (Å²) in [7, 11) is 0. The number of hydrogen-bond acceptors (Lipinski definition) is 11. The van der Waals surface area contributed by atoms with Crippen molar-refractivity contribution < 1.29 is 23.5 Å². The second-order valence-electron chi connectivity index (χ2n) is 8.86. The number of aliphatic hydroxyl groups is 1. The molecule has 0 spiro atoms. The Labute approximate surface area is 205 Å². The number of aliphatic hydroxyl groups excluding tert-OH is 1. The predicted octanol–water partition coefficient (Wildman–Crippen LogP) is 2.07. The zero-order valence-corrected chi connectivity index (χ0v) is 19.6. The molecule has 2 fully saturated rings. The van der Waals surface area contributed by atoms with Gasteiger partial charge in [-0.25, -0.2) is 9.97 Å². The van der Waals surface area contributed by atoms with Gasteiger partial charge in [-0.2, -0.15) is 4.98 Å². The van der Waals surface area contributed by atoms with Gasteiger partial charge in [0.25, 0.3) is 5.91 Å². The number of amides is 1. The SMILES string of the molecule is Cc1cc(-c2nc(C(=O)Nc3cc4oc([C@H]5CNCCO5)nc4nc3N3CCC(O)C3)co2)ccn1. The summed E-state index contributed by atoms with van der Waals surface area (Å²) in [6, 6.07) is 5.29. The minimum Gasteiger partial charge on any atom is -0.444 e. The molecule has 2 saturated heterocycles. The van der Waals surface area contributed by atoms with Crippen LogP contribution < -0.4 is 15.5 Å². The Morgan fingerprint density at radius 1 is 1.28 bits per heavy atom. The van der Waals surface area contributed by atoms with E-state index in [0.717, 1.165) is 17.8 Å². The summed E-state index contributed by atoms with van der Waals surface area (Å²) in [6.45, 7) is 4.79. The van der Waals surface area contributed by atoms with Gasteiger partial charge in [0.2, 0.25) is 17.4 Å². The first kappa shape index (κ1) is 22.6. The highest BCUT2D eigenvalue weighted by molar-refractivity contribution is 6.05. The molecule has 0 radical (unpaired) electrons. The highest BCUT2D eigenvalue weighted by Crippen LogP contribution is 2.33. The van der Waals surface area contributed by atoms with Gasteiger partial charge < -0.3 is 34.2 Å². The van der Waals surface area contributed by atoms with E-state index < -0.39 is 12.0 Å². The van der Waals surface area contributed by atoms with Crippen LogP contribution in [0, 0.1) is 6.92 Å². The van der Waals surface area contributed by atoms with Crippen molar-refractivity contribution in [3.05, 3.63) is 47.9 Å². The lowest BCUT2D eigenvalue weighted by Crippen LogP contribution is -2.33. The summed E-state index contributed by atoms with van der Waals surface area (Å²) in [5.74, 6) is 0.790. The minimum absolute atomic E-state index is 0.118. The number of oxazole rings is 2. The maximum atomic E-state index is 13.1. The first-order valence-electron chi connectivity index (χ1n) is 11.8. The van der Waals surface area contributed by atoms with Gasteiger partial charge in [0.1, 0.15) is 12.4 Å². The standard InChI is InChI=1S/C24H25N7O5/c1-13-8-14(2-4-26-13)23-28-17(12-35-23)22(33)27-16-9-18-20(29-21(16)31-6-3-15(32)11-31)30-24(36-18)19-10-25-5-7-34-19/h2,4,8-9,12,15,19,25,32H,3,5-7,10-11H2,1H3,(H,27,33)/t15?,19-/m1/s1. The molecular weight excluding hydrogens is 466 g/mol. The maximum Gasteiger partial charge on any atom is 0.277 e. The van der Waals surface area contributed by atoms with Crippen LogP contribution in [-0.2, 0) is 4.74 Å². The third kappa shape index (κ3) is 4.41. The molecule has 186 valence electrons. The molecule has 4 aromatic heterocycles. The summed E-state index contributed by atoms with van der Waals surface area (Å²) in [4.78, 5) is 32.8. The number of nitrogens with zero attached hydrogens (tertiary/aromatic N) is 5. The van der Waals surface area contributed by atoms with Crippen LogP contribution in [0.25, 0.3) is 22.7 Å². The van der Waals surface area contributed by atoms with Gasteiger partial charge in [0, 0.05) is 49.7 Å². The molecule has 12 nitrogen and oxygen atoms in total. The fraction of sp³-hybridized carbons (Fsp3) is 0.375. The maximum absolute atomic E-state index is 13.1. The number of carbonyl (C=O) groups is 1. The van der Waals surface area contributed by atoms with Crippen molar-refractivity contribution in [3.8, 4) is 11.5 Å². The second-order valence-corrected chi connectivity index (χ2v) is 8.86. The van der Waals surface area contributed by atoms with Crippen LogP contribution >= 0.6 is 0 Å². The second kappa shape index (κ2) is 9.30. The van der Waals surface area contributed by atoms with Crippen LogP contribution in [0.5, 0.6) is 0 Å². The Kier molecular flexibility index (Phi) is 5.83. The number of hydrogen-bond donors (Lipinski definition) is 3. The molecule has 0 aromatic carbocycles. The number of anilines is 2. The molecule has 2 aliphatic heterocycles. The molecule has 36 heavy (non-hydrogen) atoms. The van der Waals surface area contributed by atoms with Crippen molar-refractivity contribution in [1.82, 2.24) is 25.3 Å². The Bertz CT molecular complexity index is 1410. The van der Waals surface area contributed by atoms with E-state index >= 15 is 0 Å². The van der Waals surface area contributed by atoms with Gasteiger partial charge in [-0.1, -0.05) is 0 Å². The van der Waals surface area contributed by atoms with Crippen molar-refractivity contribution in [2.45, 2.75) is 25.6 Å². The van der Waals surface area contributed by atoms with E-state index in [-0.39, 0.29) is 11.8 Å². The first-order chi connectivity index (χ1) is 17.5. The van der Waals surface area contributed by atoms with Crippen molar-refractivity contribution in [2.75, 3.05) is 43.0 Å². The topological polar surface area (TPSA) is 152 Å². The number of morpholine rings is 1. The van der Waals surface area contributed by atoms with Crippen LogP contribution in [0.4, 0.5) is 11.5 Å². The van der Waals surface area contributed by atoms with Crippen molar-refractivity contribution in [2.24, 2.45) is 0 Å². The summed E-state index contributed by atoms with van der Waals surface area (Å²) in [6.07, 6.45) is 2.80. The molecule has 2 aliphatic rings. The summed E-state index contributed by atoms with van der Waals surface area (Å²) in [5, 5.41) is 16.2. The van der Waals surface area contributed by atoms with Crippen LogP contribution in [0.15, 0.2) is 39.5 Å². The predicted molar refractivity (Wildman–Crippen MR) is 129 cm³/mol. The molecule has 0 saturated carbocycles. The zero-order chi connectivity index (χ0) is 24.6. The lowest BCUT2D eigenvalue weighted by molar-refractivity contribution is 0.0118. The molecule has 0 bridgehead atoms. The lowest BCUT2D eigenvalue weighted by atomic mass is 10.2. The van der Waals surface area contributed by atoms with E-state index in [1.807, 2.05) is 17.9 Å². The van der Waals surface area contributed by atoms with E-state index in [0.29, 0.717) is 67.2 Å². The van der Waals surface area contributed by atoms with E-state index in [9.17, 15) is 9.90 Å². The van der Waals surface area contributed by atoms with Crippen LogP contribution in [-0.4, -0.2) is 69.8 Å². The van der Waals surface area contributed by atoms with E-state index in [1.54, 1.807) is 18.3 Å². The quantitative estimate of drug-likeness (QED) is 0.376. The first-order valence-corrected chi connectivity index (χ1v) is 11.8. The van der Waals surface area contributed by atoms with Crippen LogP contribution in [0.2, 0.25) is 0 Å². The third-order valence-electron chi connectivity index (χ3n) is 6.17. The van der Waals surface area contributed by atoms with Crippen molar-refractivity contribution >= 4 is 28.6 Å². The van der Waals surface area contributed by atoms with Gasteiger partial charge in [0.05, 0.1) is 18.4 Å². The molecule has 12 heteroatoms. The molecule has 3 N–H and O–H groups in total. The van der Waals surface area contributed by atoms with Gasteiger partial charge >= 0.3 is 0 Å². The number of ether oxygens (including phenoxy) is 1. The average molecular weight is 492 g/mol. The van der Waals surface area contributed by atoms with Crippen molar-refractivity contribution in [3.63, 3.8) is 0 Å². The minimum atomic E-state index is -0.470. The van der Waals surface area contributed by atoms with E-state index in [4.69, 9.17) is 13.6 Å². The number of β-amino-alcohol motifs (C(OH)–C–C–N with tert-alkyl or cyclic N) is 1. The van der Waals surface area contributed by atoms with E-state index in [2.05, 4.69) is 30.6 Å². The number of fused-ring (bicyclic) bond motifs is 1. The van der Waals surface area contributed by atoms with Crippen LogP contribution in [0.1, 0.15) is 34.6 Å². The Balaban J connectivity index is 1.31. The Hall–Kier alpha value is -3.87. The number of carbonyl (C=O) groups excluding carboxylic acids is 1. The molecule has 2 atom stereocenters. The number of pyridine rings is 2. The molecule has 0 aliphatic carbocycles. The fourth-order valence-electron chi connectivity index (χ4n) is 4.38. The fourth-order valence-corrected chi connectivity index (χ4v) is 4.38. The molecule has 6 heterocycles. The van der Waals surface area contributed by atoms with Crippen molar-refractivity contribution in [1.29, 1.82) is 0 Å². The normalized spacial score (nSPS) is 20.2. The van der Waals surface area contributed by atoms with Gasteiger partial charge in [-0.3, -0.25) is 9.78 Å². The molecule has 1 unspecified atom stereocenters. The highest BCUT2D eigenvalue weighted by atomic mass is 16.5. The van der Waals surface area contributed by atoms with Gasteiger partial charge in [-0.05, 0) is 25.5 Å². The number of aromatic nitrogens is 4. The van der Waals surface area contributed by atoms with E-state index in [1.165, 1.54) is 6.26 Å². The molecule has 6 rings (SSSR count). The largest absolute Gasteiger partial charge is 0.444 e. The monoisotopic (exact) mass is 491 g/mol. The smallest absolute Gasteiger partial charge is 0.277 e. The number of aryl methyl sites for hydroxylation is 1. The number of rotatable bonds is 5. The number of nitrogens with one attached hydrogen (secondary N) is 2. The summed E-state index contributed by atoms with van der Waals surface area (Å²) < 4.78 is 17.2. The summed E-state index contributed by atoms with van der Waals surface area (Å²) in [5.41, 5.74) is 2.92. The Morgan fingerprint density at radius 3 is 2.97 bits per heavy atom. The highest BCUT2D eigenvalue weighted by Gasteiger charge is 2.28. The Morgan fingerprint density at radius 2 is 2.19 bits per heavy atom. The lowest BCUT2D eigenvalue weighted by Gasteiger charge is -2.20. The van der Waals surface area contributed by atoms with Gasteiger partial charge in [-0.15, -0.1) is 0 Å². The van der Waals surface area contributed by atoms with Gasteiger partial charge in [0.15, 0.2) is 17.1 Å². The summed E-state index contributed by atoms with van der Waals surface area (Å²) >= 11 is 0. The van der Waals surface area contributed by atoms with Crippen LogP contribution in [0.3, 0.4) is 0 Å². The molecule has 4 aromatic rings. The zero-order valence-electron chi connectivity index (χ0n) is 19.6. The third-order valence-corrected chi connectivity index (χ3v) is 6.17. The average Bonchev–Trinajstić information content (AvgIpc) is 3.63.